The van der Waals surface area contributed by atoms with E-state index in [1.807, 2.05) is 18.2 Å². The number of furan rings is 2. The molecule has 0 N–H and O–H groups in total. The highest BCUT2D eigenvalue weighted by Gasteiger charge is 2.20. The first-order valence-electron chi connectivity index (χ1n) is 17.1. The number of hydrogen-bond donors (Lipinski definition) is 0. The van der Waals surface area contributed by atoms with E-state index >= 15 is 0 Å². The Labute approximate surface area is 287 Å². The number of benzene rings is 9. The fourth-order valence-corrected chi connectivity index (χ4v) is 8.27. The Morgan fingerprint density at radius 3 is 1.40 bits per heavy atom. The first kappa shape index (κ1) is 27.3. The van der Waals surface area contributed by atoms with Crippen molar-refractivity contribution in [1.29, 1.82) is 0 Å². The minimum Gasteiger partial charge on any atom is -0.456 e. The third-order valence-corrected chi connectivity index (χ3v) is 10.5. The predicted octanol–water partition coefficient (Wildman–Crippen LogP) is 13.9. The zero-order valence-electron chi connectivity index (χ0n) is 27.0. The van der Waals surface area contributed by atoms with E-state index in [9.17, 15) is 0 Å². The van der Waals surface area contributed by atoms with Crippen LogP contribution in [0.25, 0.3) is 110 Å². The van der Waals surface area contributed by atoms with Crippen molar-refractivity contribution in [2.45, 2.75) is 0 Å². The Morgan fingerprint density at radius 2 is 0.720 bits per heavy atom. The van der Waals surface area contributed by atoms with Gasteiger partial charge >= 0.3 is 0 Å². The number of rotatable bonds is 3. The van der Waals surface area contributed by atoms with E-state index in [2.05, 4.69) is 152 Å². The summed E-state index contributed by atoms with van der Waals surface area (Å²) >= 11 is 0. The summed E-state index contributed by atoms with van der Waals surface area (Å²) in [6.07, 6.45) is 0. The first-order valence-corrected chi connectivity index (χ1v) is 17.1. The maximum Gasteiger partial charge on any atom is 0.139 e. The van der Waals surface area contributed by atoms with Crippen molar-refractivity contribution in [3.63, 3.8) is 0 Å². The Hall–Kier alpha value is -6.64. The summed E-state index contributed by atoms with van der Waals surface area (Å²) in [5, 5.41) is 11.9. The van der Waals surface area contributed by atoms with E-state index < -0.39 is 0 Å². The highest BCUT2D eigenvalue weighted by Crippen LogP contribution is 2.47. The topological polar surface area (TPSA) is 26.3 Å². The van der Waals surface area contributed by atoms with E-state index in [1.54, 1.807) is 0 Å². The zero-order valence-corrected chi connectivity index (χ0v) is 27.0. The molecule has 2 nitrogen and oxygen atoms in total. The Morgan fingerprint density at radius 1 is 0.240 bits per heavy atom. The van der Waals surface area contributed by atoms with Crippen LogP contribution in [-0.4, -0.2) is 0 Å². The summed E-state index contributed by atoms with van der Waals surface area (Å²) in [5.41, 5.74) is 10.8. The largest absolute Gasteiger partial charge is 0.456 e. The molecule has 0 fully saturated rings. The molecule has 11 aromatic rings. The quantitative estimate of drug-likeness (QED) is 0.180. The van der Waals surface area contributed by atoms with Gasteiger partial charge in [0.2, 0.25) is 0 Å². The van der Waals surface area contributed by atoms with Crippen LogP contribution in [-0.2, 0) is 0 Å². The van der Waals surface area contributed by atoms with Gasteiger partial charge in [0.15, 0.2) is 0 Å². The summed E-state index contributed by atoms with van der Waals surface area (Å²) in [7, 11) is 0. The number of fused-ring (bicyclic) bond motifs is 9. The van der Waals surface area contributed by atoms with E-state index in [0.717, 1.165) is 43.9 Å². The molecule has 0 aliphatic rings. The van der Waals surface area contributed by atoms with Crippen LogP contribution in [0.1, 0.15) is 0 Å². The zero-order chi connectivity index (χ0) is 32.8. The second-order valence-corrected chi connectivity index (χ2v) is 13.2. The standard InChI is InChI=1S/C48H28O2/c1-2-12-29(13-3-1)31-23-24-39(33-15-5-4-14-32(31)33)48-37-19-8-6-17-35(37)47(36-18-7-9-20-38(36)48)30-22-25-44-40(26-30)42-27-41-34-16-10-11-21-43(34)49-45(41)28-46(42)50-44/h1-28H. The summed E-state index contributed by atoms with van der Waals surface area (Å²) in [6.45, 7) is 0. The third-order valence-electron chi connectivity index (χ3n) is 10.5. The lowest BCUT2D eigenvalue weighted by atomic mass is 9.83. The van der Waals surface area contributed by atoms with Gasteiger partial charge in [0.25, 0.3) is 0 Å². The SMILES string of the molecule is c1ccc(-c2ccc(-c3c4ccccc4c(-c4ccc5oc6cc7oc8ccccc8c7cc6c5c4)c4ccccc34)c3ccccc23)cc1. The molecule has 232 valence electrons. The van der Waals surface area contributed by atoms with Gasteiger partial charge in [0.1, 0.15) is 22.3 Å². The molecule has 0 unspecified atom stereocenters. The van der Waals surface area contributed by atoms with Crippen LogP contribution in [0.15, 0.2) is 179 Å². The fourth-order valence-electron chi connectivity index (χ4n) is 8.27. The lowest BCUT2D eigenvalue weighted by Crippen LogP contribution is -1.92. The molecule has 0 aliphatic heterocycles. The van der Waals surface area contributed by atoms with Gasteiger partial charge in [-0.1, -0.05) is 140 Å². The van der Waals surface area contributed by atoms with Crippen LogP contribution < -0.4 is 0 Å². The van der Waals surface area contributed by atoms with Crippen molar-refractivity contribution >= 4 is 76.2 Å². The van der Waals surface area contributed by atoms with E-state index in [4.69, 9.17) is 8.83 Å². The van der Waals surface area contributed by atoms with Crippen molar-refractivity contribution < 1.29 is 8.83 Å². The molecule has 2 heterocycles. The van der Waals surface area contributed by atoms with E-state index in [1.165, 1.54) is 65.7 Å². The van der Waals surface area contributed by atoms with Crippen molar-refractivity contribution in [3.8, 4) is 33.4 Å². The molecule has 0 radical (unpaired) electrons. The molecule has 2 aromatic heterocycles. The summed E-state index contributed by atoms with van der Waals surface area (Å²) in [4.78, 5) is 0. The van der Waals surface area contributed by atoms with Crippen LogP contribution in [0.2, 0.25) is 0 Å². The Bertz CT molecular complexity index is 3080. The maximum atomic E-state index is 6.42. The van der Waals surface area contributed by atoms with Gasteiger partial charge in [-0.3, -0.25) is 0 Å². The molecule has 0 saturated heterocycles. The molecule has 11 rings (SSSR count). The smallest absolute Gasteiger partial charge is 0.139 e. The van der Waals surface area contributed by atoms with Crippen LogP contribution in [0, 0.1) is 0 Å². The lowest BCUT2D eigenvalue weighted by molar-refractivity contribution is 0.656. The highest BCUT2D eigenvalue weighted by atomic mass is 16.3. The molecule has 0 atom stereocenters. The minimum absolute atomic E-state index is 0.833. The first-order chi connectivity index (χ1) is 24.8. The van der Waals surface area contributed by atoms with E-state index in [-0.39, 0.29) is 0 Å². The molecule has 9 aromatic carbocycles. The molecule has 0 amide bonds. The van der Waals surface area contributed by atoms with Crippen molar-refractivity contribution in [2.75, 3.05) is 0 Å². The summed E-state index contributed by atoms with van der Waals surface area (Å²) in [5.74, 6) is 0. The minimum atomic E-state index is 0.833. The fraction of sp³-hybridized carbons (Fsp3) is 0. The monoisotopic (exact) mass is 636 g/mol. The van der Waals surface area contributed by atoms with Crippen LogP contribution in [0.3, 0.4) is 0 Å². The Kier molecular flexibility index (Phi) is 5.70. The number of para-hydroxylation sites is 1. The average molecular weight is 637 g/mol. The van der Waals surface area contributed by atoms with Crippen LogP contribution in [0.5, 0.6) is 0 Å². The molecular weight excluding hydrogens is 609 g/mol. The summed E-state index contributed by atoms with van der Waals surface area (Å²) < 4.78 is 12.6. The molecule has 50 heavy (non-hydrogen) atoms. The predicted molar refractivity (Wildman–Crippen MR) is 210 cm³/mol. The summed E-state index contributed by atoms with van der Waals surface area (Å²) in [6, 6.07) is 61.0. The van der Waals surface area contributed by atoms with Crippen molar-refractivity contribution in [3.05, 3.63) is 170 Å². The maximum absolute atomic E-state index is 6.42. The van der Waals surface area contributed by atoms with Gasteiger partial charge in [-0.15, -0.1) is 0 Å². The second kappa shape index (κ2) is 10.4. The van der Waals surface area contributed by atoms with Crippen molar-refractivity contribution in [2.24, 2.45) is 0 Å². The van der Waals surface area contributed by atoms with Gasteiger partial charge in [-0.25, -0.2) is 0 Å². The third kappa shape index (κ3) is 3.90. The highest BCUT2D eigenvalue weighted by molar-refractivity contribution is 6.25. The van der Waals surface area contributed by atoms with Crippen LogP contribution in [0.4, 0.5) is 0 Å². The van der Waals surface area contributed by atoms with Gasteiger partial charge in [0, 0.05) is 27.6 Å². The molecule has 2 heteroatoms. The van der Waals surface area contributed by atoms with Gasteiger partial charge in [0.05, 0.1) is 0 Å². The molecule has 0 bridgehead atoms. The second-order valence-electron chi connectivity index (χ2n) is 13.2. The van der Waals surface area contributed by atoms with Crippen molar-refractivity contribution in [1.82, 2.24) is 0 Å². The Balaban J connectivity index is 1.19. The lowest BCUT2D eigenvalue weighted by Gasteiger charge is -2.19. The average Bonchev–Trinajstić information content (AvgIpc) is 3.72. The van der Waals surface area contributed by atoms with Gasteiger partial charge in [-0.05, 0) is 90.0 Å². The normalized spacial score (nSPS) is 12.0. The van der Waals surface area contributed by atoms with Gasteiger partial charge in [-0.2, -0.15) is 0 Å². The number of hydrogen-bond acceptors (Lipinski definition) is 2. The van der Waals surface area contributed by atoms with E-state index in [0.29, 0.717) is 0 Å². The van der Waals surface area contributed by atoms with Crippen LogP contribution >= 0.6 is 0 Å². The molecular formula is C48H28O2. The molecule has 0 spiro atoms. The molecule has 0 saturated carbocycles. The van der Waals surface area contributed by atoms with Gasteiger partial charge < -0.3 is 8.83 Å². The molecule has 0 aliphatic carbocycles.